The molecule has 0 unspecified atom stereocenters. The van der Waals surface area contributed by atoms with Crippen LogP contribution in [-0.2, 0) is 10.0 Å². The van der Waals surface area contributed by atoms with Crippen molar-refractivity contribution in [1.82, 2.24) is 14.2 Å². The SMILES string of the molecule is CCN(CC)CCN(C(=O)c1ccc(S(=O)(=O)N(C)C2CCCCC2)cc1)c1nc2ccc(OC)cc2s1.Cl. The molecule has 1 aliphatic carbocycles. The molecule has 1 fully saturated rings. The van der Waals surface area contributed by atoms with Crippen LogP contribution >= 0.6 is 23.7 Å². The molecule has 3 aromatic rings. The highest BCUT2D eigenvalue weighted by Gasteiger charge is 2.29. The predicted molar refractivity (Wildman–Crippen MR) is 161 cm³/mol. The summed E-state index contributed by atoms with van der Waals surface area (Å²) in [6, 6.07) is 12.0. The second-order valence-corrected chi connectivity index (χ2v) is 12.7. The van der Waals surface area contributed by atoms with Gasteiger partial charge in [-0.3, -0.25) is 9.69 Å². The summed E-state index contributed by atoms with van der Waals surface area (Å²) in [7, 11) is -0.333. The number of nitrogens with zero attached hydrogens (tertiary/aromatic N) is 4. The first-order chi connectivity index (χ1) is 18.3. The maximum Gasteiger partial charge on any atom is 0.260 e. The van der Waals surface area contributed by atoms with Gasteiger partial charge in [0.05, 0.1) is 22.2 Å². The molecule has 0 aliphatic heterocycles. The summed E-state index contributed by atoms with van der Waals surface area (Å²) >= 11 is 1.44. The van der Waals surface area contributed by atoms with Crippen LogP contribution in [0.15, 0.2) is 47.4 Å². The number of rotatable bonds is 11. The number of carbonyl (C=O) groups is 1. The van der Waals surface area contributed by atoms with Crippen molar-refractivity contribution in [2.45, 2.75) is 56.9 Å². The van der Waals surface area contributed by atoms with Crippen LogP contribution in [-0.4, -0.2) is 74.9 Å². The van der Waals surface area contributed by atoms with Gasteiger partial charge >= 0.3 is 0 Å². The molecule has 2 aromatic carbocycles. The average molecular weight is 595 g/mol. The number of sulfonamides is 1. The number of hydrogen-bond acceptors (Lipinski definition) is 7. The van der Waals surface area contributed by atoms with Crippen LogP contribution < -0.4 is 9.64 Å². The lowest BCUT2D eigenvalue weighted by Gasteiger charge is -2.30. The molecule has 1 amide bonds. The van der Waals surface area contributed by atoms with Gasteiger partial charge in [-0.1, -0.05) is 44.4 Å². The fourth-order valence-electron chi connectivity index (χ4n) is 4.93. The van der Waals surface area contributed by atoms with E-state index in [-0.39, 0.29) is 29.3 Å². The van der Waals surface area contributed by atoms with Crippen molar-refractivity contribution in [1.29, 1.82) is 0 Å². The van der Waals surface area contributed by atoms with E-state index in [1.165, 1.54) is 15.6 Å². The minimum absolute atomic E-state index is 0. The zero-order chi connectivity index (χ0) is 27.3. The minimum atomic E-state index is -3.63. The second-order valence-electron chi connectivity index (χ2n) is 9.65. The zero-order valence-corrected chi connectivity index (χ0v) is 25.6. The zero-order valence-electron chi connectivity index (χ0n) is 23.1. The highest BCUT2D eigenvalue weighted by Crippen LogP contribution is 2.32. The van der Waals surface area contributed by atoms with Gasteiger partial charge in [0.1, 0.15) is 5.75 Å². The average Bonchev–Trinajstić information content (AvgIpc) is 3.38. The summed E-state index contributed by atoms with van der Waals surface area (Å²) in [5, 5.41) is 0.610. The van der Waals surface area contributed by atoms with Crippen molar-refractivity contribution in [2.75, 3.05) is 45.2 Å². The molecule has 1 aliphatic rings. The van der Waals surface area contributed by atoms with Gasteiger partial charge in [-0.15, -0.1) is 12.4 Å². The van der Waals surface area contributed by atoms with Crippen LogP contribution in [0.2, 0.25) is 0 Å². The molecule has 8 nitrogen and oxygen atoms in total. The molecule has 0 radical (unpaired) electrons. The van der Waals surface area contributed by atoms with E-state index in [0.717, 1.165) is 61.2 Å². The number of aromatic nitrogens is 1. The Hall–Kier alpha value is -2.24. The number of likely N-dealkylation sites (N-methyl/N-ethyl adjacent to an activating group) is 1. The Bertz CT molecular complexity index is 1340. The van der Waals surface area contributed by atoms with E-state index in [1.807, 2.05) is 18.2 Å². The number of hydrogen-bond donors (Lipinski definition) is 0. The molecule has 39 heavy (non-hydrogen) atoms. The Balaban J connectivity index is 0.00000420. The van der Waals surface area contributed by atoms with Crippen molar-refractivity contribution in [3.05, 3.63) is 48.0 Å². The number of amides is 1. The number of thiazole rings is 1. The van der Waals surface area contributed by atoms with Crippen LogP contribution in [0.25, 0.3) is 10.2 Å². The third kappa shape index (κ3) is 7.10. The van der Waals surface area contributed by atoms with Gasteiger partial charge in [-0.05, 0) is 68.4 Å². The normalized spacial score (nSPS) is 14.5. The van der Waals surface area contributed by atoms with Crippen LogP contribution in [0.4, 0.5) is 5.13 Å². The molecule has 1 heterocycles. The van der Waals surface area contributed by atoms with E-state index in [1.54, 1.807) is 43.3 Å². The molecule has 0 saturated heterocycles. The van der Waals surface area contributed by atoms with Gasteiger partial charge in [0.2, 0.25) is 10.0 Å². The van der Waals surface area contributed by atoms with E-state index >= 15 is 0 Å². The number of fused-ring (bicyclic) bond motifs is 1. The molecular weight excluding hydrogens is 556 g/mol. The summed E-state index contributed by atoms with van der Waals surface area (Å²) in [5.74, 6) is 0.538. The van der Waals surface area contributed by atoms with Crippen molar-refractivity contribution in [2.24, 2.45) is 0 Å². The number of benzene rings is 2. The maximum atomic E-state index is 13.8. The number of halogens is 1. The summed E-state index contributed by atoms with van der Waals surface area (Å²) in [6.45, 7) is 7.15. The summed E-state index contributed by atoms with van der Waals surface area (Å²) < 4.78 is 34.3. The third-order valence-corrected chi connectivity index (χ3v) is 10.4. The number of carbonyl (C=O) groups excluding carboxylic acids is 1. The lowest BCUT2D eigenvalue weighted by molar-refractivity contribution is 0.0983. The van der Waals surface area contributed by atoms with Gasteiger partial charge in [-0.25, -0.2) is 13.4 Å². The predicted octanol–water partition coefficient (Wildman–Crippen LogP) is 5.67. The Kier molecular flexibility index (Phi) is 11.1. The molecule has 0 N–H and O–H groups in total. The minimum Gasteiger partial charge on any atom is -0.497 e. The van der Waals surface area contributed by atoms with E-state index in [2.05, 4.69) is 18.7 Å². The lowest BCUT2D eigenvalue weighted by Crippen LogP contribution is -2.39. The van der Waals surface area contributed by atoms with Gasteiger partial charge in [0.25, 0.3) is 5.91 Å². The van der Waals surface area contributed by atoms with E-state index in [9.17, 15) is 13.2 Å². The Morgan fingerprint density at radius 3 is 2.31 bits per heavy atom. The number of anilines is 1. The topological polar surface area (TPSA) is 83.1 Å². The van der Waals surface area contributed by atoms with Crippen LogP contribution in [0.3, 0.4) is 0 Å². The maximum absolute atomic E-state index is 13.8. The summed E-state index contributed by atoms with van der Waals surface area (Å²) in [5.41, 5.74) is 1.24. The fourth-order valence-corrected chi connectivity index (χ4v) is 7.37. The van der Waals surface area contributed by atoms with Gasteiger partial charge in [-0.2, -0.15) is 4.31 Å². The van der Waals surface area contributed by atoms with Crippen LogP contribution in [0, 0.1) is 0 Å². The van der Waals surface area contributed by atoms with E-state index in [4.69, 9.17) is 9.72 Å². The van der Waals surface area contributed by atoms with Crippen LogP contribution in [0.1, 0.15) is 56.3 Å². The standard InChI is InChI=1S/C28H38N4O4S2.ClH/c1-5-31(6-2)18-19-32(28-29-25-17-14-23(36-4)20-26(25)37-28)27(33)21-12-15-24(16-13-21)38(34,35)30(3)22-10-8-7-9-11-22;/h12-17,20,22H,5-11,18-19H2,1-4H3;1H. The van der Waals surface area contributed by atoms with Crippen LogP contribution in [0.5, 0.6) is 5.75 Å². The van der Waals surface area contributed by atoms with E-state index in [0.29, 0.717) is 23.8 Å². The Labute approximate surface area is 242 Å². The first-order valence-corrected chi connectivity index (χ1v) is 15.6. The molecule has 0 spiro atoms. The molecule has 11 heteroatoms. The first kappa shape index (κ1) is 31.3. The van der Waals surface area contributed by atoms with Gasteiger partial charge in [0.15, 0.2) is 5.13 Å². The first-order valence-electron chi connectivity index (χ1n) is 13.3. The van der Waals surface area contributed by atoms with Crippen molar-refractivity contribution in [3.63, 3.8) is 0 Å². The molecule has 4 rings (SSSR count). The summed E-state index contributed by atoms with van der Waals surface area (Å²) in [6.07, 6.45) is 5.05. The highest BCUT2D eigenvalue weighted by molar-refractivity contribution is 7.89. The lowest BCUT2D eigenvalue weighted by atomic mass is 9.96. The number of ether oxygens (including phenoxy) is 1. The third-order valence-electron chi connectivity index (χ3n) is 7.46. The monoisotopic (exact) mass is 594 g/mol. The molecule has 0 atom stereocenters. The fraction of sp³-hybridized carbons (Fsp3) is 0.500. The number of methoxy groups -OCH3 is 1. The van der Waals surface area contributed by atoms with E-state index < -0.39 is 10.0 Å². The molecule has 0 bridgehead atoms. The van der Waals surface area contributed by atoms with Crippen molar-refractivity contribution >= 4 is 55.0 Å². The highest BCUT2D eigenvalue weighted by atomic mass is 35.5. The Morgan fingerprint density at radius 1 is 1.03 bits per heavy atom. The van der Waals surface area contributed by atoms with Crippen molar-refractivity contribution < 1.29 is 17.9 Å². The molecule has 214 valence electrons. The largest absolute Gasteiger partial charge is 0.497 e. The molecular formula is C28H39ClN4O4S2. The smallest absolute Gasteiger partial charge is 0.260 e. The Morgan fingerprint density at radius 2 is 1.69 bits per heavy atom. The molecule has 1 aromatic heterocycles. The second kappa shape index (κ2) is 13.9. The molecule has 1 saturated carbocycles. The quantitative estimate of drug-likeness (QED) is 0.284. The van der Waals surface area contributed by atoms with Gasteiger partial charge < -0.3 is 9.64 Å². The van der Waals surface area contributed by atoms with Crippen molar-refractivity contribution in [3.8, 4) is 5.75 Å². The summed E-state index contributed by atoms with van der Waals surface area (Å²) in [4.78, 5) is 22.7. The van der Waals surface area contributed by atoms with Gasteiger partial charge in [0, 0.05) is 31.7 Å².